The van der Waals surface area contributed by atoms with Crippen molar-refractivity contribution in [1.82, 2.24) is 10.1 Å². The molecule has 122 valence electrons. The Bertz CT molecular complexity index is 860. The van der Waals surface area contributed by atoms with E-state index in [1.54, 1.807) is 32.4 Å². The van der Waals surface area contributed by atoms with Gasteiger partial charge in [-0.2, -0.15) is 0 Å². The lowest BCUT2D eigenvalue weighted by atomic mass is 10.2. The number of anilines is 3. The number of methoxy groups -OCH3 is 1. The molecule has 3 rings (SSSR count). The van der Waals surface area contributed by atoms with Crippen LogP contribution in [0.1, 0.15) is 16.1 Å². The summed E-state index contributed by atoms with van der Waals surface area (Å²) in [6, 6.07) is 10.8. The minimum atomic E-state index is -0.320. The first-order chi connectivity index (χ1) is 11.7. The van der Waals surface area contributed by atoms with Crippen LogP contribution in [0.4, 0.5) is 17.2 Å². The third-order valence-corrected chi connectivity index (χ3v) is 3.26. The molecule has 7 heteroatoms. The third-order valence-electron chi connectivity index (χ3n) is 3.26. The predicted molar refractivity (Wildman–Crippen MR) is 89.7 cm³/mol. The molecule has 1 aromatic carbocycles. The molecule has 3 aromatic rings. The molecule has 0 aliphatic rings. The second-order valence-corrected chi connectivity index (χ2v) is 5.06. The first kappa shape index (κ1) is 15.5. The van der Waals surface area contributed by atoms with Crippen molar-refractivity contribution < 1.29 is 14.1 Å². The summed E-state index contributed by atoms with van der Waals surface area (Å²) in [5.41, 5.74) is 1.85. The Balaban J connectivity index is 1.77. The number of para-hydroxylation sites is 2. The Labute approximate surface area is 138 Å². The number of benzene rings is 1. The Morgan fingerprint density at radius 1 is 1.21 bits per heavy atom. The van der Waals surface area contributed by atoms with E-state index in [0.29, 0.717) is 28.6 Å². The van der Waals surface area contributed by atoms with Gasteiger partial charge in [-0.15, -0.1) is 0 Å². The van der Waals surface area contributed by atoms with E-state index in [2.05, 4.69) is 20.8 Å². The molecule has 0 saturated heterocycles. The summed E-state index contributed by atoms with van der Waals surface area (Å²) < 4.78 is 10.2. The van der Waals surface area contributed by atoms with Crippen molar-refractivity contribution in [3.63, 3.8) is 0 Å². The van der Waals surface area contributed by atoms with Crippen molar-refractivity contribution >= 4 is 23.1 Å². The topological polar surface area (TPSA) is 89.3 Å². The molecule has 24 heavy (non-hydrogen) atoms. The lowest BCUT2D eigenvalue weighted by Crippen LogP contribution is -2.12. The van der Waals surface area contributed by atoms with Crippen molar-refractivity contribution in [3.8, 4) is 5.75 Å². The van der Waals surface area contributed by atoms with Gasteiger partial charge in [0, 0.05) is 12.3 Å². The van der Waals surface area contributed by atoms with E-state index in [0.717, 1.165) is 5.69 Å². The maximum atomic E-state index is 12.3. The van der Waals surface area contributed by atoms with Crippen molar-refractivity contribution in [2.45, 2.75) is 6.92 Å². The molecule has 0 atom stereocenters. The number of rotatable bonds is 5. The van der Waals surface area contributed by atoms with Crippen LogP contribution in [-0.4, -0.2) is 23.2 Å². The van der Waals surface area contributed by atoms with E-state index in [1.165, 1.54) is 6.20 Å². The van der Waals surface area contributed by atoms with Gasteiger partial charge < -0.3 is 19.9 Å². The average Bonchev–Trinajstić information content (AvgIpc) is 3.00. The van der Waals surface area contributed by atoms with Crippen molar-refractivity contribution in [1.29, 1.82) is 0 Å². The summed E-state index contributed by atoms with van der Waals surface area (Å²) >= 11 is 0. The summed E-state index contributed by atoms with van der Waals surface area (Å²) in [6.07, 6.45) is 3.11. The third kappa shape index (κ3) is 3.52. The van der Waals surface area contributed by atoms with E-state index in [-0.39, 0.29) is 5.91 Å². The summed E-state index contributed by atoms with van der Waals surface area (Å²) in [5, 5.41) is 9.58. The molecule has 2 heterocycles. The van der Waals surface area contributed by atoms with Crippen LogP contribution in [0.2, 0.25) is 0 Å². The Morgan fingerprint density at radius 2 is 2.04 bits per heavy atom. The standard InChI is InChI=1S/C17H16N4O3/c1-11-7-16(21-24-11)20-17(22)12-8-13(10-18-9-12)19-14-5-3-4-6-15(14)23-2/h3-10,19H,1-2H3,(H,20,21,22). The van der Waals surface area contributed by atoms with E-state index in [9.17, 15) is 4.79 Å². The molecule has 2 aromatic heterocycles. The summed E-state index contributed by atoms with van der Waals surface area (Å²) in [7, 11) is 1.60. The van der Waals surface area contributed by atoms with Crippen LogP contribution >= 0.6 is 0 Å². The fraction of sp³-hybridized carbons (Fsp3) is 0.118. The number of carbonyl (C=O) groups is 1. The number of aromatic nitrogens is 2. The van der Waals surface area contributed by atoms with Gasteiger partial charge in [-0.25, -0.2) is 0 Å². The van der Waals surface area contributed by atoms with Crippen LogP contribution in [0.25, 0.3) is 0 Å². The maximum absolute atomic E-state index is 12.3. The number of carbonyl (C=O) groups excluding carboxylic acids is 1. The highest BCUT2D eigenvalue weighted by Gasteiger charge is 2.11. The van der Waals surface area contributed by atoms with E-state index in [4.69, 9.17) is 9.26 Å². The Kier molecular flexibility index (Phi) is 4.42. The van der Waals surface area contributed by atoms with Gasteiger partial charge in [0.2, 0.25) is 0 Å². The number of hydrogen-bond acceptors (Lipinski definition) is 6. The monoisotopic (exact) mass is 324 g/mol. The van der Waals surface area contributed by atoms with Crippen molar-refractivity contribution in [2.24, 2.45) is 0 Å². The molecule has 0 radical (unpaired) electrons. The van der Waals surface area contributed by atoms with Gasteiger partial charge in [-0.1, -0.05) is 17.3 Å². The molecule has 0 fully saturated rings. The van der Waals surface area contributed by atoms with E-state index in [1.807, 2.05) is 24.3 Å². The number of amides is 1. The van der Waals surface area contributed by atoms with E-state index >= 15 is 0 Å². The number of hydrogen-bond donors (Lipinski definition) is 2. The minimum absolute atomic E-state index is 0.320. The summed E-state index contributed by atoms with van der Waals surface area (Å²) in [5.74, 6) is 1.36. The lowest BCUT2D eigenvalue weighted by molar-refractivity contribution is 0.102. The number of nitrogens with zero attached hydrogens (tertiary/aromatic N) is 2. The zero-order valence-electron chi connectivity index (χ0n) is 13.2. The van der Waals surface area contributed by atoms with Crippen LogP contribution in [0.15, 0.2) is 53.3 Å². The second kappa shape index (κ2) is 6.82. The van der Waals surface area contributed by atoms with Gasteiger partial charge in [0.15, 0.2) is 5.82 Å². The number of aryl methyl sites for hydroxylation is 1. The van der Waals surface area contributed by atoms with E-state index < -0.39 is 0 Å². The molecule has 0 spiro atoms. The fourth-order valence-corrected chi connectivity index (χ4v) is 2.15. The van der Waals surface area contributed by atoms with Crippen LogP contribution in [0.5, 0.6) is 5.75 Å². The summed E-state index contributed by atoms with van der Waals surface area (Å²) in [4.78, 5) is 16.4. The number of ether oxygens (including phenoxy) is 1. The molecule has 2 N–H and O–H groups in total. The van der Waals surface area contributed by atoms with Crippen molar-refractivity contribution in [2.75, 3.05) is 17.7 Å². The molecule has 1 amide bonds. The zero-order valence-corrected chi connectivity index (χ0v) is 13.2. The molecule has 0 saturated carbocycles. The Morgan fingerprint density at radius 3 is 2.79 bits per heavy atom. The minimum Gasteiger partial charge on any atom is -0.495 e. The summed E-state index contributed by atoms with van der Waals surface area (Å²) in [6.45, 7) is 1.75. The quantitative estimate of drug-likeness (QED) is 0.748. The van der Waals surface area contributed by atoms with Crippen LogP contribution in [-0.2, 0) is 0 Å². The largest absolute Gasteiger partial charge is 0.495 e. The first-order valence-electron chi connectivity index (χ1n) is 7.25. The van der Waals surface area contributed by atoms with Gasteiger partial charge >= 0.3 is 0 Å². The molecule has 0 unspecified atom stereocenters. The predicted octanol–water partition coefficient (Wildman–Crippen LogP) is 3.38. The molecule has 7 nitrogen and oxygen atoms in total. The highest BCUT2D eigenvalue weighted by Crippen LogP contribution is 2.27. The zero-order chi connectivity index (χ0) is 16.9. The number of pyridine rings is 1. The van der Waals surface area contributed by atoms with Crippen molar-refractivity contribution in [3.05, 3.63) is 60.1 Å². The molecular formula is C17H16N4O3. The smallest absolute Gasteiger partial charge is 0.258 e. The fourth-order valence-electron chi connectivity index (χ4n) is 2.15. The van der Waals surface area contributed by atoms with Crippen LogP contribution in [0.3, 0.4) is 0 Å². The normalized spacial score (nSPS) is 10.2. The highest BCUT2D eigenvalue weighted by atomic mass is 16.5. The lowest BCUT2D eigenvalue weighted by Gasteiger charge is -2.11. The maximum Gasteiger partial charge on any atom is 0.258 e. The van der Waals surface area contributed by atoms with Gasteiger partial charge in [0.25, 0.3) is 5.91 Å². The molecule has 0 bridgehead atoms. The molecular weight excluding hydrogens is 308 g/mol. The van der Waals surface area contributed by atoms with Crippen LogP contribution in [0, 0.1) is 6.92 Å². The Hall–Kier alpha value is -3.35. The first-order valence-corrected chi connectivity index (χ1v) is 7.25. The average molecular weight is 324 g/mol. The highest BCUT2D eigenvalue weighted by molar-refractivity contribution is 6.04. The van der Waals surface area contributed by atoms with Gasteiger partial charge in [0.1, 0.15) is 11.5 Å². The second-order valence-electron chi connectivity index (χ2n) is 5.06. The molecule has 0 aliphatic heterocycles. The SMILES string of the molecule is COc1ccccc1Nc1cncc(C(=O)Nc2cc(C)on2)c1. The van der Waals surface area contributed by atoms with Crippen LogP contribution < -0.4 is 15.4 Å². The van der Waals surface area contributed by atoms with Gasteiger partial charge in [-0.05, 0) is 25.1 Å². The van der Waals surface area contributed by atoms with Gasteiger partial charge in [-0.3, -0.25) is 9.78 Å². The van der Waals surface area contributed by atoms with Gasteiger partial charge in [0.05, 0.1) is 30.2 Å². The number of nitrogens with one attached hydrogen (secondary N) is 2. The molecule has 0 aliphatic carbocycles.